The Morgan fingerprint density at radius 3 is 2.64 bits per heavy atom. The molecule has 0 saturated carbocycles. The molecule has 0 N–H and O–H groups in total. The van der Waals surface area contributed by atoms with Gasteiger partial charge in [0.2, 0.25) is 0 Å². The van der Waals surface area contributed by atoms with Crippen molar-refractivity contribution in [3.63, 3.8) is 0 Å². The van der Waals surface area contributed by atoms with Gasteiger partial charge in [-0.15, -0.1) is 0 Å². The average molecular weight is 174 g/mol. The molecule has 0 bridgehead atoms. The summed E-state index contributed by atoms with van der Waals surface area (Å²) in [5.41, 5.74) is 0.455. The molecule has 3 heteroatoms. The third-order valence-electron chi connectivity index (χ3n) is 1.13. The molecule has 0 fully saturated rings. The Kier molecular flexibility index (Phi) is 6.03. The largest absolute Gasteiger partial charge is 0.462 e. The standard InChI is InChI=1S/C8H14O2S/c1-7(2)8(9)10-5-3-4-6-11/h11H,1,3-6H2,2H3. The Balaban J connectivity index is 3.25. The zero-order valence-electron chi connectivity index (χ0n) is 6.80. The van der Waals surface area contributed by atoms with Crippen LogP contribution in [0.2, 0.25) is 0 Å². The van der Waals surface area contributed by atoms with Gasteiger partial charge in [-0.1, -0.05) is 6.58 Å². The summed E-state index contributed by atoms with van der Waals surface area (Å²) in [6.07, 6.45) is 1.86. The zero-order chi connectivity index (χ0) is 8.69. The molecule has 0 aromatic heterocycles. The van der Waals surface area contributed by atoms with Crippen molar-refractivity contribution in [2.24, 2.45) is 0 Å². The third kappa shape index (κ3) is 5.98. The number of ether oxygens (including phenoxy) is 1. The first-order valence-corrected chi connectivity index (χ1v) is 4.25. The molecular formula is C8H14O2S. The second-order valence-electron chi connectivity index (χ2n) is 2.35. The van der Waals surface area contributed by atoms with E-state index in [2.05, 4.69) is 19.2 Å². The van der Waals surface area contributed by atoms with E-state index in [1.807, 2.05) is 0 Å². The SMILES string of the molecule is C=C(C)C(=O)OCCCCS. The maximum Gasteiger partial charge on any atom is 0.333 e. The Morgan fingerprint density at radius 1 is 1.55 bits per heavy atom. The van der Waals surface area contributed by atoms with Crippen molar-refractivity contribution in [1.29, 1.82) is 0 Å². The second kappa shape index (κ2) is 6.28. The molecule has 0 aliphatic heterocycles. The number of hydrogen-bond donors (Lipinski definition) is 1. The first kappa shape index (κ1) is 10.6. The molecule has 0 amide bonds. The fraction of sp³-hybridized carbons (Fsp3) is 0.625. The normalized spacial score (nSPS) is 9.27. The molecule has 0 aromatic rings. The van der Waals surface area contributed by atoms with E-state index in [1.165, 1.54) is 0 Å². The first-order chi connectivity index (χ1) is 5.18. The summed E-state index contributed by atoms with van der Waals surface area (Å²) in [4.78, 5) is 10.8. The Hall–Kier alpha value is -0.440. The van der Waals surface area contributed by atoms with E-state index in [1.54, 1.807) is 6.92 Å². The van der Waals surface area contributed by atoms with Crippen molar-refractivity contribution >= 4 is 18.6 Å². The molecule has 0 aliphatic rings. The quantitative estimate of drug-likeness (QED) is 0.298. The van der Waals surface area contributed by atoms with Gasteiger partial charge in [-0.2, -0.15) is 12.6 Å². The van der Waals surface area contributed by atoms with Crippen LogP contribution in [0.4, 0.5) is 0 Å². The summed E-state index contributed by atoms with van der Waals surface area (Å²) in [7, 11) is 0. The average Bonchev–Trinajstić information content (AvgIpc) is 1.97. The molecule has 0 aliphatic carbocycles. The van der Waals surface area contributed by atoms with Crippen LogP contribution in [0, 0.1) is 0 Å². The van der Waals surface area contributed by atoms with E-state index in [-0.39, 0.29) is 5.97 Å². The molecule has 0 atom stereocenters. The minimum absolute atomic E-state index is 0.302. The zero-order valence-corrected chi connectivity index (χ0v) is 7.69. The highest BCUT2D eigenvalue weighted by atomic mass is 32.1. The van der Waals surface area contributed by atoms with Gasteiger partial charge in [0.05, 0.1) is 6.61 Å². The van der Waals surface area contributed by atoms with Gasteiger partial charge in [-0.05, 0) is 25.5 Å². The summed E-state index contributed by atoms with van der Waals surface area (Å²) in [5.74, 6) is 0.536. The molecule has 0 spiro atoms. The lowest BCUT2D eigenvalue weighted by Gasteiger charge is -2.02. The van der Waals surface area contributed by atoms with Gasteiger partial charge in [0.1, 0.15) is 0 Å². The van der Waals surface area contributed by atoms with E-state index >= 15 is 0 Å². The van der Waals surface area contributed by atoms with Crippen LogP contribution in [0.1, 0.15) is 19.8 Å². The first-order valence-electron chi connectivity index (χ1n) is 3.62. The molecule has 64 valence electrons. The molecule has 0 radical (unpaired) electrons. The third-order valence-corrected chi connectivity index (χ3v) is 1.45. The van der Waals surface area contributed by atoms with Crippen LogP contribution in [0.3, 0.4) is 0 Å². The summed E-state index contributed by atoms with van der Waals surface area (Å²) in [6.45, 7) is 5.58. The fourth-order valence-corrected chi connectivity index (χ4v) is 0.726. The highest BCUT2D eigenvalue weighted by Gasteiger charge is 2.00. The van der Waals surface area contributed by atoms with Gasteiger partial charge in [-0.3, -0.25) is 0 Å². The van der Waals surface area contributed by atoms with Gasteiger partial charge < -0.3 is 4.74 Å². The van der Waals surface area contributed by atoms with Crippen LogP contribution in [0.25, 0.3) is 0 Å². The van der Waals surface area contributed by atoms with E-state index in [0.29, 0.717) is 12.2 Å². The lowest BCUT2D eigenvalue weighted by Crippen LogP contribution is -2.06. The van der Waals surface area contributed by atoms with Crippen LogP contribution >= 0.6 is 12.6 Å². The minimum atomic E-state index is -0.302. The van der Waals surface area contributed by atoms with Crippen LogP contribution < -0.4 is 0 Å². The van der Waals surface area contributed by atoms with Crippen molar-refractivity contribution in [2.45, 2.75) is 19.8 Å². The van der Waals surface area contributed by atoms with E-state index in [9.17, 15) is 4.79 Å². The van der Waals surface area contributed by atoms with Gasteiger partial charge in [0.25, 0.3) is 0 Å². The predicted molar refractivity (Wildman–Crippen MR) is 48.9 cm³/mol. The van der Waals surface area contributed by atoms with Gasteiger partial charge in [0, 0.05) is 5.57 Å². The van der Waals surface area contributed by atoms with Crippen LogP contribution in [-0.4, -0.2) is 18.3 Å². The molecule has 0 rings (SSSR count). The second-order valence-corrected chi connectivity index (χ2v) is 2.79. The summed E-state index contributed by atoms with van der Waals surface area (Å²) < 4.78 is 4.83. The molecule has 11 heavy (non-hydrogen) atoms. The number of carbonyl (C=O) groups excluding carboxylic acids is 1. The number of unbranched alkanes of at least 4 members (excludes halogenated alkanes) is 1. The van der Waals surface area contributed by atoms with Crippen LogP contribution in [-0.2, 0) is 9.53 Å². The summed E-state index contributed by atoms with van der Waals surface area (Å²) in [6, 6.07) is 0. The number of esters is 1. The lowest BCUT2D eigenvalue weighted by molar-refractivity contribution is -0.139. The van der Waals surface area contributed by atoms with E-state index in [4.69, 9.17) is 4.74 Å². The van der Waals surface area contributed by atoms with Gasteiger partial charge in [0.15, 0.2) is 0 Å². The molecule has 0 unspecified atom stereocenters. The number of carbonyl (C=O) groups is 1. The topological polar surface area (TPSA) is 26.3 Å². The Labute approximate surface area is 73.0 Å². The maximum absolute atomic E-state index is 10.8. The fourth-order valence-electron chi connectivity index (χ4n) is 0.502. The van der Waals surface area contributed by atoms with Crippen molar-refractivity contribution in [3.8, 4) is 0 Å². The number of thiol groups is 1. The maximum atomic E-state index is 10.8. The lowest BCUT2D eigenvalue weighted by atomic mass is 10.3. The van der Waals surface area contributed by atoms with Crippen LogP contribution in [0.5, 0.6) is 0 Å². The molecule has 0 heterocycles. The van der Waals surface area contributed by atoms with Gasteiger partial charge in [-0.25, -0.2) is 4.79 Å². The minimum Gasteiger partial charge on any atom is -0.462 e. The smallest absolute Gasteiger partial charge is 0.333 e. The molecular weight excluding hydrogens is 160 g/mol. The summed E-state index contributed by atoms with van der Waals surface area (Å²) >= 11 is 4.03. The molecule has 0 saturated heterocycles. The number of rotatable bonds is 5. The highest BCUT2D eigenvalue weighted by molar-refractivity contribution is 7.80. The Bertz CT molecular complexity index is 143. The monoisotopic (exact) mass is 174 g/mol. The number of hydrogen-bond acceptors (Lipinski definition) is 3. The van der Waals surface area contributed by atoms with Crippen molar-refractivity contribution in [1.82, 2.24) is 0 Å². The van der Waals surface area contributed by atoms with E-state index < -0.39 is 0 Å². The van der Waals surface area contributed by atoms with Crippen molar-refractivity contribution in [2.75, 3.05) is 12.4 Å². The molecule has 0 aromatic carbocycles. The molecule has 2 nitrogen and oxygen atoms in total. The highest BCUT2D eigenvalue weighted by Crippen LogP contribution is 1.96. The van der Waals surface area contributed by atoms with Crippen molar-refractivity contribution in [3.05, 3.63) is 12.2 Å². The van der Waals surface area contributed by atoms with Crippen LogP contribution in [0.15, 0.2) is 12.2 Å². The summed E-state index contributed by atoms with van der Waals surface area (Å²) in [5, 5.41) is 0. The van der Waals surface area contributed by atoms with E-state index in [0.717, 1.165) is 18.6 Å². The van der Waals surface area contributed by atoms with Gasteiger partial charge >= 0.3 is 5.97 Å². The van der Waals surface area contributed by atoms with Crippen molar-refractivity contribution < 1.29 is 9.53 Å². The predicted octanol–water partition coefficient (Wildman–Crippen LogP) is 1.82. The Morgan fingerprint density at radius 2 is 2.18 bits per heavy atom.